The molecule has 0 aliphatic heterocycles. The number of carbonyl (C=O) groups excluding carboxylic acids is 3. The summed E-state index contributed by atoms with van der Waals surface area (Å²) < 4.78 is 9.74. The lowest BCUT2D eigenvalue weighted by Crippen LogP contribution is -2.36. The fourth-order valence-corrected chi connectivity index (χ4v) is 1.62. The first-order valence-electron chi connectivity index (χ1n) is 5.67. The van der Waals surface area contributed by atoms with Gasteiger partial charge in [0.05, 0.1) is 11.6 Å². The van der Waals surface area contributed by atoms with Crippen LogP contribution in [-0.2, 0) is 19.1 Å². The van der Waals surface area contributed by atoms with Gasteiger partial charge in [-0.25, -0.2) is 4.79 Å². The average molecular weight is 335 g/mol. The molecule has 0 atom stereocenters. The van der Waals surface area contributed by atoms with Gasteiger partial charge in [0.15, 0.2) is 13.2 Å². The van der Waals surface area contributed by atoms with Crippen molar-refractivity contribution in [1.29, 1.82) is 0 Å². The van der Waals surface area contributed by atoms with E-state index in [1.807, 2.05) is 0 Å². The number of ether oxygens (including phenoxy) is 2. The minimum absolute atomic E-state index is 0.245. The Morgan fingerprint density at radius 3 is 2.52 bits per heavy atom. The number of esters is 1. The highest BCUT2D eigenvalue weighted by atomic mass is 35.5. The highest BCUT2D eigenvalue weighted by molar-refractivity contribution is 6.35. The second kappa shape index (κ2) is 8.33. The summed E-state index contributed by atoms with van der Waals surface area (Å²) in [5, 5.41) is 2.84. The van der Waals surface area contributed by atoms with Crippen molar-refractivity contribution in [2.24, 2.45) is 5.73 Å². The number of hydrogen-bond acceptors (Lipinski definition) is 5. The Labute approximate surface area is 130 Å². The molecular formula is C12H12Cl2N2O5. The molecule has 0 aliphatic rings. The molecule has 0 fully saturated rings. The summed E-state index contributed by atoms with van der Waals surface area (Å²) in [7, 11) is 0. The molecule has 0 saturated carbocycles. The van der Waals surface area contributed by atoms with Crippen molar-refractivity contribution in [2.75, 3.05) is 19.8 Å². The third-order valence-electron chi connectivity index (χ3n) is 2.06. The van der Waals surface area contributed by atoms with E-state index >= 15 is 0 Å². The summed E-state index contributed by atoms with van der Waals surface area (Å²) in [5.41, 5.74) is 4.83. The number of nitrogens with two attached hydrogens (primary N) is 1. The van der Waals surface area contributed by atoms with Crippen LogP contribution in [0.5, 0.6) is 5.75 Å². The maximum Gasteiger partial charge on any atom is 0.344 e. The van der Waals surface area contributed by atoms with Gasteiger partial charge in [-0.15, -0.1) is 0 Å². The number of nitrogens with one attached hydrogen (secondary N) is 1. The molecule has 7 nitrogen and oxygen atoms in total. The fraction of sp³-hybridized carbons (Fsp3) is 0.250. The first-order chi connectivity index (χ1) is 9.88. The smallest absolute Gasteiger partial charge is 0.344 e. The van der Waals surface area contributed by atoms with Gasteiger partial charge in [0, 0.05) is 5.02 Å². The van der Waals surface area contributed by atoms with Crippen molar-refractivity contribution in [3.8, 4) is 5.75 Å². The van der Waals surface area contributed by atoms with Crippen molar-refractivity contribution in [2.45, 2.75) is 0 Å². The molecule has 1 aromatic carbocycles. The second-order valence-electron chi connectivity index (χ2n) is 3.77. The number of benzene rings is 1. The van der Waals surface area contributed by atoms with Gasteiger partial charge < -0.3 is 20.5 Å². The van der Waals surface area contributed by atoms with E-state index < -0.39 is 31.0 Å². The molecular weight excluding hydrogens is 323 g/mol. The number of primary amides is 1. The molecule has 1 rings (SSSR count). The third kappa shape index (κ3) is 6.82. The lowest BCUT2D eigenvalue weighted by Gasteiger charge is -2.08. The van der Waals surface area contributed by atoms with Crippen LogP contribution in [0.25, 0.3) is 0 Å². The van der Waals surface area contributed by atoms with E-state index in [1.165, 1.54) is 12.1 Å². The highest BCUT2D eigenvalue weighted by Crippen LogP contribution is 2.27. The number of halogens is 2. The van der Waals surface area contributed by atoms with E-state index in [2.05, 4.69) is 10.1 Å². The summed E-state index contributed by atoms with van der Waals surface area (Å²) in [5.74, 6) is -1.85. The van der Waals surface area contributed by atoms with E-state index in [0.717, 1.165) is 0 Å². The first-order valence-corrected chi connectivity index (χ1v) is 6.42. The molecule has 0 aliphatic carbocycles. The van der Waals surface area contributed by atoms with Gasteiger partial charge in [0.1, 0.15) is 5.75 Å². The monoisotopic (exact) mass is 334 g/mol. The predicted octanol–water partition coefficient (Wildman–Crippen LogP) is 0.517. The lowest BCUT2D eigenvalue weighted by atomic mass is 10.3. The Morgan fingerprint density at radius 1 is 1.19 bits per heavy atom. The van der Waals surface area contributed by atoms with Crippen LogP contribution >= 0.6 is 23.2 Å². The molecule has 3 N–H and O–H groups in total. The van der Waals surface area contributed by atoms with Crippen LogP contribution in [0, 0.1) is 0 Å². The summed E-state index contributed by atoms with van der Waals surface area (Å²) in [6, 6.07) is 4.50. The maximum absolute atomic E-state index is 11.3. The zero-order chi connectivity index (χ0) is 15.8. The normalized spacial score (nSPS) is 9.81. The van der Waals surface area contributed by atoms with Crippen molar-refractivity contribution < 1.29 is 23.9 Å². The molecule has 9 heteroatoms. The van der Waals surface area contributed by atoms with E-state index in [-0.39, 0.29) is 17.3 Å². The fourth-order valence-electron chi connectivity index (χ4n) is 1.15. The molecule has 21 heavy (non-hydrogen) atoms. The van der Waals surface area contributed by atoms with Gasteiger partial charge >= 0.3 is 5.97 Å². The van der Waals surface area contributed by atoms with E-state index in [4.69, 9.17) is 33.7 Å². The second-order valence-corrected chi connectivity index (χ2v) is 4.61. The Morgan fingerprint density at radius 2 is 1.90 bits per heavy atom. The van der Waals surface area contributed by atoms with Crippen LogP contribution in [0.4, 0.5) is 0 Å². The molecule has 0 heterocycles. The summed E-state index contributed by atoms with van der Waals surface area (Å²) in [4.78, 5) is 32.9. The number of hydrogen-bond donors (Lipinski definition) is 2. The lowest BCUT2D eigenvalue weighted by molar-refractivity contribution is -0.150. The van der Waals surface area contributed by atoms with Gasteiger partial charge in [0.25, 0.3) is 5.91 Å². The third-order valence-corrected chi connectivity index (χ3v) is 2.59. The van der Waals surface area contributed by atoms with Crippen LogP contribution in [0.1, 0.15) is 0 Å². The largest absolute Gasteiger partial charge is 0.480 e. The molecule has 114 valence electrons. The zero-order valence-corrected chi connectivity index (χ0v) is 12.2. The summed E-state index contributed by atoms with van der Waals surface area (Å²) >= 11 is 11.5. The van der Waals surface area contributed by atoms with Gasteiger partial charge in [-0.2, -0.15) is 0 Å². The van der Waals surface area contributed by atoms with Crippen LogP contribution in [0.3, 0.4) is 0 Å². The molecule has 0 aromatic heterocycles. The van der Waals surface area contributed by atoms with Crippen molar-refractivity contribution in [3.63, 3.8) is 0 Å². The van der Waals surface area contributed by atoms with Crippen molar-refractivity contribution in [1.82, 2.24) is 5.32 Å². The standard InChI is InChI=1S/C12H12Cl2N2O5/c13-7-1-2-9(8(14)3-7)20-6-12(19)21-5-11(18)16-4-10(15)17/h1-3H,4-6H2,(H2,15,17)(H,16,18). The van der Waals surface area contributed by atoms with E-state index in [1.54, 1.807) is 6.07 Å². The minimum atomic E-state index is -0.768. The van der Waals surface area contributed by atoms with E-state index in [9.17, 15) is 14.4 Å². The van der Waals surface area contributed by atoms with Crippen LogP contribution in [0.2, 0.25) is 10.0 Å². The minimum Gasteiger partial charge on any atom is -0.480 e. The Kier molecular flexibility index (Phi) is 6.77. The molecule has 0 unspecified atom stereocenters. The van der Waals surface area contributed by atoms with Gasteiger partial charge in [-0.05, 0) is 18.2 Å². The predicted molar refractivity (Wildman–Crippen MR) is 75.1 cm³/mol. The van der Waals surface area contributed by atoms with Crippen LogP contribution in [0.15, 0.2) is 18.2 Å². The topological polar surface area (TPSA) is 108 Å². The Bertz CT molecular complexity index is 550. The average Bonchev–Trinajstić information content (AvgIpc) is 2.41. The van der Waals surface area contributed by atoms with Crippen LogP contribution in [-0.4, -0.2) is 37.5 Å². The molecule has 0 radical (unpaired) electrons. The summed E-state index contributed by atoms with van der Waals surface area (Å²) in [6.07, 6.45) is 0. The summed E-state index contributed by atoms with van der Waals surface area (Å²) in [6.45, 7) is -1.29. The molecule has 0 saturated heterocycles. The zero-order valence-electron chi connectivity index (χ0n) is 10.7. The Hall–Kier alpha value is -1.99. The van der Waals surface area contributed by atoms with Gasteiger partial charge in [0.2, 0.25) is 5.91 Å². The molecule has 0 spiro atoms. The number of amides is 2. The molecule has 1 aromatic rings. The van der Waals surface area contributed by atoms with Gasteiger partial charge in [-0.3, -0.25) is 9.59 Å². The first kappa shape index (κ1) is 17.1. The molecule has 0 bridgehead atoms. The van der Waals surface area contributed by atoms with E-state index in [0.29, 0.717) is 5.02 Å². The van der Waals surface area contributed by atoms with Crippen LogP contribution < -0.4 is 15.8 Å². The Balaban J connectivity index is 2.31. The van der Waals surface area contributed by atoms with Crippen molar-refractivity contribution in [3.05, 3.63) is 28.2 Å². The van der Waals surface area contributed by atoms with Gasteiger partial charge in [-0.1, -0.05) is 23.2 Å². The number of rotatable bonds is 7. The van der Waals surface area contributed by atoms with Crippen molar-refractivity contribution >= 4 is 41.0 Å². The number of carbonyl (C=O) groups is 3. The molecule has 2 amide bonds. The quantitative estimate of drug-likeness (QED) is 0.706. The SMILES string of the molecule is NC(=O)CNC(=O)COC(=O)COc1ccc(Cl)cc1Cl. The highest BCUT2D eigenvalue weighted by Gasteiger charge is 2.10. The maximum atomic E-state index is 11.3.